The van der Waals surface area contributed by atoms with E-state index in [9.17, 15) is 0 Å². The molecule has 0 aliphatic carbocycles. The maximum atomic E-state index is 6.29. The zero-order chi connectivity index (χ0) is 28.2. The predicted molar refractivity (Wildman–Crippen MR) is 158 cm³/mol. The minimum absolute atomic E-state index is 0.212. The molecule has 5 rings (SSSR count). The van der Waals surface area contributed by atoms with E-state index >= 15 is 0 Å². The highest BCUT2D eigenvalue weighted by Gasteiger charge is 2.42. The van der Waals surface area contributed by atoms with Gasteiger partial charge in [-0.25, -0.2) is 0 Å². The lowest BCUT2D eigenvalue weighted by atomic mass is 9.92. The van der Waals surface area contributed by atoms with Crippen LogP contribution >= 0.6 is 0 Å². The molecule has 0 spiro atoms. The summed E-state index contributed by atoms with van der Waals surface area (Å²) >= 11 is 0. The van der Waals surface area contributed by atoms with E-state index in [4.69, 9.17) is 28.4 Å². The third-order valence-electron chi connectivity index (χ3n) is 8.17. The summed E-state index contributed by atoms with van der Waals surface area (Å²) in [6.07, 6.45) is 2.32. The summed E-state index contributed by atoms with van der Waals surface area (Å²) < 4.78 is 35.2. The number of nitrogens with zero attached hydrogens (tertiary/aromatic N) is 2. The number of hydrogen-bond donors (Lipinski definition) is 0. The zero-order valence-corrected chi connectivity index (χ0v) is 24.9. The number of benzene rings is 2. The maximum Gasteiger partial charge on any atom is 0.146 e. The molecule has 3 saturated heterocycles. The standard InChI is InChI=1S/C32H46N2O6/c1-7-13-35-31-15-25(37-17-27-19-39-27)9-11-29(31)33-21(3)23(5)34(24(6)22(33)4)30-12-10-26(38-18-28-20-40-28)16-32(30)36-14-8-2/h9-12,15-16,21-24,27-28H,7-8,13-14,17-20H2,1-6H3. The summed E-state index contributed by atoms with van der Waals surface area (Å²) in [6, 6.07) is 13.3. The molecule has 40 heavy (non-hydrogen) atoms. The van der Waals surface area contributed by atoms with Gasteiger partial charge in [0.15, 0.2) is 0 Å². The molecule has 6 unspecified atom stereocenters. The van der Waals surface area contributed by atoms with E-state index in [1.54, 1.807) is 0 Å². The molecular formula is C32H46N2O6. The lowest BCUT2D eigenvalue weighted by Gasteiger charge is -2.55. The van der Waals surface area contributed by atoms with Crippen LogP contribution in [0.3, 0.4) is 0 Å². The Balaban J connectivity index is 1.40. The summed E-state index contributed by atoms with van der Waals surface area (Å²) in [4.78, 5) is 5.04. The van der Waals surface area contributed by atoms with Gasteiger partial charge in [0.1, 0.15) is 48.4 Å². The summed E-state index contributed by atoms with van der Waals surface area (Å²) in [5, 5.41) is 0. The summed E-state index contributed by atoms with van der Waals surface area (Å²) in [7, 11) is 0. The fourth-order valence-corrected chi connectivity index (χ4v) is 5.51. The Labute approximate surface area is 239 Å². The normalized spacial score (nSPS) is 27.4. The Morgan fingerprint density at radius 1 is 0.625 bits per heavy atom. The van der Waals surface area contributed by atoms with Crippen LogP contribution in [-0.4, -0.2) is 76.0 Å². The van der Waals surface area contributed by atoms with Gasteiger partial charge < -0.3 is 38.2 Å². The third kappa shape index (κ3) is 6.55. The summed E-state index contributed by atoms with van der Waals surface area (Å²) in [6.45, 7) is 17.5. The molecule has 0 radical (unpaired) electrons. The molecule has 0 bridgehead atoms. The minimum Gasteiger partial charge on any atom is -0.491 e. The van der Waals surface area contributed by atoms with Gasteiger partial charge in [-0.3, -0.25) is 0 Å². The van der Waals surface area contributed by atoms with Gasteiger partial charge in [-0.2, -0.15) is 0 Å². The Kier molecular flexibility index (Phi) is 9.16. The first-order chi connectivity index (χ1) is 19.4. The van der Waals surface area contributed by atoms with E-state index < -0.39 is 0 Å². The molecule has 2 aromatic rings. The predicted octanol–water partition coefficient (Wildman–Crippen LogP) is 5.70. The van der Waals surface area contributed by atoms with Crippen LogP contribution in [0, 0.1) is 0 Å². The van der Waals surface area contributed by atoms with Crippen molar-refractivity contribution < 1.29 is 28.4 Å². The molecule has 2 aromatic carbocycles. The van der Waals surface area contributed by atoms with Crippen molar-refractivity contribution in [2.24, 2.45) is 0 Å². The van der Waals surface area contributed by atoms with Gasteiger partial charge in [0.05, 0.1) is 37.8 Å². The monoisotopic (exact) mass is 554 g/mol. The average Bonchev–Trinajstić information content (AvgIpc) is 3.89. The fourth-order valence-electron chi connectivity index (χ4n) is 5.51. The third-order valence-corrected chi connectivity index (χ3v) is 8.17. The molecule has 3 heterocycles. The number of epoxide rings is 2. The average molecular weight is 555 g/mol. The second-order valence-electron chi connectivity index (χ2n) is 11.3. The van der Waals surface area contributed by atoms with Crippen LogP contribution in [0.5, 0.6) is 23.0 Å². The number of anilines is 2. The second-order valence-corrected chi connectivity index (χ2v) is 11.3. The Hall–Kier alpha value is -2.84. The van der Waals surface area contributed by atoms with Crippen molar-refractivity contribution in [2.45, 2.75) is 90.8 Å². The van der Waals surface area contributed by atoms with Crippen molar-refractivity contribution in [3.63, 3.8) is 0 Å². The van der Waals surface area contributed by atoms with Crippen LogP contribution in [-0.2, 0) is 9.47 Å². The van der Waals surface area contributed by atoms with Crippen LogP contribution in [0.2, 0.25) is 0 Å². The lowest BCUT2D eigenvalue weighted by Crippen LogP contribution is -2.66. The highest BCUT2D eigenvalue weighted by atomic mass is 16.6. The van der Waals surface area contributed by atoms with Crippen LogP contribution < -0.4 is 28.7 Å². The van der Waals surface area contributed by atoms with E-state index in [2.05, 4.69) is 75.6 Å². The minimum atomic E-state index is 0.212. The molecule has 0 N–H and O–H groups in total. The van der Waals surface area contributed by atoms with Gasteiger partial charge in [-0.1, -0.05) is 13.8 Å². The number of hydrogen-bond acceptors (Lipinski definition) is 8. The highest BCUT2D eigenvalue weighted by molar-refractivity contribution is 5.67. The largest absolute Gasteiger partial charge is 0.491 e. The van der Waals surface area contributed by atoms with E-state index in [0.29, 0.717) is 26.4 Å². The molecule has 3 fully saturated rings. The quantitative estimate of drug-likeness (QED) is 0.276. The summed E-state index contributed by atoms with van der Waals surface area (Å²) in [5.74, 6) is 3.38. The zero-order valence-electron chi connectivity index (χ0n) is 24.9. The maximum absolute atomic E-state index is 6.29. The fraction of sp³-hybridized carbons (Fsp3) is 0.625. The number of rotatable bonds is 14. The number of piperazine rings is 1. The van der Waals surface area contributed by atoms with Crippen molar-refractivity contribution >= 4 is 11.4 Å². The van der Waals surface area contributed by atoms with Crippen molar-refractivity contribution in [3.05, 3.63) is 36.4 Å². The first kappa shape index (κ1) is 28.7. The van der Waals surface area contributed by atoms with Gasteiger partial charge in [-0.15, -0.1) is 0 Å². The highest BCUT2D eigenvalue weighted by Crippen LogP contribution is 2.43. The SMILES string of the molecule is CCCOc1cc(OCC2CO2)ccc1N1C(C)C(C)N(c2ccc(OCC3CO3)cc2OCCC)C(C)C1C. The van der Waals surface area contributed by atoms with Gasteiger partial charge in [0.25, 0.3) is 0 Å². The van der Waals surface area contributed by atoms with Crippen molar-refractivity contribution in [3.8, 4) is 23.0 Å². The van der Waals surface area contributed by atoms with Crippen molar-refractivity contribution in [1.82, 2.24) is 0 Å². The van der Waals surface area contributed by atoms with Crippen molar-refractivity contribution in [2.75, 3.05) is 49.4 Å². The summed E-state index contributed by atoms with van der Waals surface area (Å²) in [5.41, 5.74) is 2.21. The molecule has 6 atom stereocenters. The molecule has 0 amide bonds. The molecule has 220 valence electrons. The first-order valence-electron chi connectivity index (χ1n) is 15.0. The Bertz CT molecular complexity index is 1020. The second kappa shape index (κ2) is 12.8. The molecule has 8 heteroatoms. The van der Waals surface area contributed by atoms with Gasteiger partial charge in [-0.05, 0) is 64.8 Å². The topological polar surface area (TPSA) is 68.5 Å². The van der Waals surface area contributed by atoms with Crippen LogP contribution in [0.15, 0.2) is 36.4 Å². The van der Waals surface area contributed by atoms with E-state index in [-0.39, 0.29) is 36.4 Å². The van der Waals surface area contributed by atoms with Gasteiger partial charge >= 0.3 is 0 Å². The molecular weight excluding hydrogens is 508 g/mol. The molecule has 0 saturated carbocycles. The van der Waals surface area contributed by atoms with Crippen molar-refractivity contribution in [1.29, 1.82) is 0 Å². The molecule has 3 aliphatic rings. The molecule has 0 aromatic heterocycles. The van der Waals surface area contributed by atoms with Gasteiger partial charge in [0, 0.05) is 36.3 Å². The van der Waals surface area contributed by atoms with Crippen LogP contribution in [0.25, 0.3) is 0 Å². The van der Waals surface area contributed by atoms with Gasteiger partial charge in [0.2, 0.25) is 0 Å². The molecule has 3 aliphatic heterocycles. The van der Waals surface area contributed by atoms with E-state index in [0.717, 1.165) is 60.4 Å². The van der Waals surface area contributed by atoms with Crippen LogP contribution in [0.1, 0.15) is 54.4 Å². The van der Waals surface area contributed by atoms with E-state index in [1.165, 1.54) is 0 Å². The van der Waals surface area contributed by atoms with E-state index in [1.807, 2.05) is 12.1 Å². The first-order valence-corrected chi connectivity index (χ1v) is 15.0. The smallest absolute Gasteiger partial charge is 0.146 e. The molecule has 8 nitrogen and oxygen atoms in total. The van der Waals surface area contributed by atoms with Crippen LogP contribution in [0.4, 0.5) is 11.4 Å². The lowest BCUT2D eigenvalue weighted by molar-refractivity contribution is 0.259. The Morgan fingerprint density at radius 3 is 1.32 bits per heavy atom. The Morgan fingerprint density at radius 2 is 1.00 bits per heavy atom. The number of ether oxygens (including phenoxy) is 6.